The van der Waals surface area contributed by atoms with Gasteiger partial charge < -0.3 is 4.74 Å². The molecule has 0 fully saturated rings. The topological polar surface area (TPSA) is 68.2 Å². The number of anilines is 1. The van der Waals surface area contributed by atoms with E-state index in [0.717, 1.165) is 17.7 Å². The molecule has 3 aromatic carbocycles. The summed E-state index contributed by atoms with van der Waals surface area (Å²) in [5.41, 5.74) is 1.79. The summed E-state index contributed by atoms with van der Waals surface area (Å²) >= 11 is 7.56. The zero-order chi connectivity index (χ0) is 26.2. The number of hydrogen-bond acceptors (Lipinski definition) is 6. The Morgan fingerprint density at radius 3 is 2.43 bits per heavy atom. The number of amides is 1. The van der Waals surface area contributed by atoms with Gasteiger partial charge in [-0.3, -0.25) is 9.69 Å². The molecule has 2 heterocycles. The van der Waals surface area contributed by atoms with Crippen LogP contribution in [0.4, 0.5) is 18.9 Å². The Hall–Kier alpha value is -3.63. The molecule has 1 amide bonds. The number of aromatic nitrogens is 3. The van der Waals surface area contributed by atoms with Crippen LogP contribution in [0, 0.1) is 0 Å². The summed E-state index contributed by atoms with van der Waals surface area (Å²) < 4.78 is 45.7. The van der Waals surface area contributed by atoms with Gasteiger partial charge in [-0.1, -0.05) is 71.9 Å². The summed E-state index contributed by atoms with van der Waals surface area (Å²) in [6.45, 7) is 1.36. The first-order valence-electron chi connectivity index (χ1n) is 11.1. The lowest BCUT2D eigenvalue weighted by Crippen LogP contribution is -2.36. The zero-order valence-corrected chi connectivity index (χ0v) is 20.8. The molecule has 1 aliphatic rings. The van der Waals surface area contributed by atoms with Crippen LogP contribution < -0.4 is 9.64 Å². The maximum atomic E-state index is 13.2. The number of halogens is 4. The fourth-order valence-corrected chi connectivity index (χ4v) is 4.99. The number of nitrogens with zero attached hydrogens (tertiary/aromatic N) is 4. The molecule has 0 spiro atoms. The molecule has 0 unspecified atom stereocenters. The first kappa shape index (κ1) is 25.0. The number of benzene rings is 3. The van der Waals surface area contributed by atoms with E-state index in [2.05, 4.69) is 15.2 Å². The van der Waals surface area contributed by atoms with Gasteiger partial charge in [0.1, 0.15) is 0 Å². The third-order valence-electron chi connectivity index (χ3n) is 5.69. The second-order valence-corrected chi connectivity index (χ2v) is 9.47. The summed E-state index contributed by atoms with van der Waals surface area (Å²) in [5, 5.41) is 9.51. The number of thioether (sulfide) groups is 1. The molecule has 0 N–H and O–H groups in total. The minimum absolute atomic E-state index is 0.109. The van der Waals surface area contributed by atoms with E-state index < -0.39 is 18.0 Å². The number of carbonyl (C=O) groups is 1. The van der Waals surface area contributed by atoms with Gasteiger partial charge in [0.05, 0.1) is 11.3 Å². The van der Waals surface area contributed by atoms with Crippen LogP contribution in [-0.2, 0) is 16.7 Å². The summed E-state index contributed by atoms with van der Waals surface area (Å²) in [6.07, 6.45) is -5.58. The van der Waals surface area contributed by atoms with E-state index in [1.54, 1.807) is 30.3 Å². The van der Waals surface area contributed by atoms with Crippen molar-refractivity contribution in [3.63, 3.8) is 0 Å². The fourth-order valence-electron chi connectivity index (χ4n) is 3.93. The molecule has 188 valence electrons. The first-order chi connectivity index (χ1) is 17.7. The van der Waals surface area contributed by atoms with Gasteiger partial charge in [0.15, 0.2) is 5.69 Å². The Morgan fingerprint density at radius 1 is 1.03 bits per heavy atom. The molecule has 5 rings (SSSR count). The van der Waals surface area contributed by atoms with Crippen LogP contribution in [0.5, 0.6) is 5.88 Å². The summed E-state index contributed by atoms with van der Waals surface area (Å²) in [5.74, 6) is 0.225. The molecule has 0 saturated heterocycles. The van der Waals surface area contributed by atoms with E-state index in [0.29, 0.717) is 38.4 Å². The molecule has 1 atom stereocenters. The van der Waals surface area contributed by atoms with E-state index >= 15 is 0 Å². The summed E-state index contributed by atoms with van der Waals surface area (Å²) in [6, 6.07) is 18.9. The Bertz CT molecular complexity index is 1470. The SMILES string of the molecule is CC(=O)N1c2ccccc2-c2nnc(SCc3ccccc3Cl)nc2O[C@@H]1c1ccc(C(F)(F)F)cc1. The molecule has 0 saturated carbocycles. The highest BCUT2D eigenvalue weighted by Gasteiger charge is 2.36. The average molecular weight is 543 g/mol. The first-order valence-corrected chi connectivity index (χ1v) is 12.4. The van der Waals surface area contributed by atoms with E-state index in [-0.39, 0.29) is 11.8 Å². The number of rotatable bonds is 4. The Morgan fingerprint density at radius 2 is 1.73 bits per heavy atom. The van der Waals surface area contributed by atoms with E-state index in [4.69, 9.17) is 16.3 Å². The van der Waals surface area contributed by atoms with Gasteiger partial charge in [0.2, 0.25) is 23.2 Å². The lowest BCUT2D eigenvalue weighted by atomic mass is 10.1. The lowest BCUT2D eigenvalue weighted by molar-refractivity contribution is -0.137. The molecular weight excluding hydrogens is 525 g/mol. The monoisotopic (exact) mass is 542 g/mol. The van der Waals surface area contributed by atoms with E-state index in [1.807, 2.05) is 18.2 Å². The van der Waals surface area contributed by atoms with Gasteiger partial charge in [-0.15, -0.1) is 10.2 Å². The van der Waals surface area contributed by atoms with Crippen LogP contribution in [0.15, 0.2) is 78.0 Å². The van der Waals surface area contributed by atoms with Crippen LogP contribution in [-0.4, -0.2) is 21.1 Å². The van der Waals surface area contributed by atoms with Crippen molar-refractivity contribution in [1.29, 1.82) is 0 Å². The third kappa shape index (κ3) is 5.12. The number of ether oxygens (including phenoxy) is 1. The van der Waals surface area contributed by atoms with Crippen LogP contribution >= 0.6 is 23.4 Å². The molecule has 0 radical (unpaired) electrons. The van der Waals surface area contributed by atoms with Crippen molar-refractivity contribution in [2.75, 3.05) is 4.90 Å². The Balaban J connectivity index is 1.56. The molecule has 11 heteroatoms. The van der Waals surface area contributed by atoms with Crippen molar-refractivity contribution in [2.24, 2.45) is 0 Å². The van der Waals surface area contributed by atoms with Crippen molar-refractivity contribution in [2.45, 2.75) is 30.2 Å². The molecule has 1 aliphatic heterocycles. The second-order valence-electron chi connectivity index (χ2n) is 8.12. The van der Waals surface area contributed by atoms with Crippen molar-refractivity contribution >= 4 is 35.0 Å². The third-order valence-corrected chi connectivity index (χ3v) is 6.94. The predicted molar refractivity (Wildman–Crippen MR) is 134 cm³/mol. The second kappa shape index (κ2) is 10.0. The standard InChI is InChI=1S/C26H18ClF3N4O2S/c1-15(35)34-21-9-5-3-7-19(21)22-23(36-24(34)16-10-12-18(13-11-16)26(28,29)30)31-25(33-32-22)37-14-17-6-2-4-8-20(17)27/h2-13,24H,14H2,1H3/t24-/m1/s1. The van der Waals surface area contributed by atoms with E-state index in [9.17, 15) is 18.0 Å². The minimum Gasteiger partial charge on any atom is -0.447 e. The number of alkyl halides is 3. The lowest BCUT2D eigenvalue weighted by Gasteiger charge is -2.30. The average Bonchev–Trinajstić information content (AvgIpc) is 3.02. The predicted octanol–water partition coefficient (Wildman–Crippen LogP) is 6.95. The molecular formula is C26H18ClF3N4O2S. The van der Waals surface area contributed by atoms with Gasteiger partial charge in [-0.2, -0.15) is 18.2 Å². The normalized spacial score (nSPS) is 14.8. The van der Waals surface area contributed by atoms with Crippen molar-refractivity contribution < 1.29 is 22.7 Å². The van der Waals surface area contributed by atoms with Crippen LogP contribution in [0.1, 0.15) is 29.8 Å². The maximum Gasteiger partial charge on any atom is 0.416 e. The highest BCUT2D eigenvalue weighted by Crippen LogP contribution is 2.44. The fraction of sp³-hybridized carbons (Fsp3) is 0.154. The van der Waals surface area contributed by atoms with Gasteiger partial charge in [-0.05, 0) is 29.8 Å². The number of para-hydroxylation sites is 1. The Labute approximate surface area is 219 Å². The zero-order valence-electron chi connectivity index (χ0n) is 19.2. The number of carbonyl (C=O) groups excluding carboxylic acids is 1. The van der Waals surface area contributed by atoms with Gasteiger partial charge >= 0.3 is 6.18 Å². The molecule has 6 nitrogen and oxygen atoms in total. The molecule has 0 aliphatic carbocycles. The van der Waals surface area contributed by atoms with Gasteiger partial charge in [0, 0.05) is 28.8 Å². The summed E-state index contributed by atoms with van der Waals surface area (Å²) in [7, 11) is 0. The number of hydrogen-bond donors (Lipinski definition) is 0. The Kier molecular flexibility index (Phi) is 6.78. The molecule has 4 aromatic rings. The smallest absolute Gasteiger partial charge is 0.416 e. The van der Waals surface area contributed by atoms with E-state index in [1.165, 1.54) is 35.7 Å². The highest BCUT2D eigenvalue weighted by molar-refractivity contribution is 7.98. The van der Waals surface area contributed by atoms with Crippen molar-refractivity contribution in [1.82, 2.24) is 15.2 Å². The van der Waals surface area contributed by atoms with Crippen molar-refractivity contribution in [3.05, 3.63) is 94.5 Å². The summed E-state index contributed by atoms with van der Waals surface area (Å²) in [4.78, 5) is 18.7. The van der Waals surface area contributed by atoms with Crippen LogP contribution in [0.25, 0.3) is 11.3 Å². The number of fused-ring (bicyclic) bond motifs is 3. The van der Waals surface area contributed by atoms with Crippen LogP contribution in [0.2, 0.25) is 5.02 Å². The molecule has 37 heavy (non-hydrogen) atoms. The molecule has 0 bridgehead atoms. The van der Waals surface area contributed by atoms with Gasteiger partial charge in [0.25, 0.3) is 0 Å². The van der Waals surface area contributed by atoms with Gasteiger partial charge in [-0.25, -0.2) is 0 Å². The minimum atomic E-state index is -4.49. The van der Waals surface area contributed by atoms with Crippen molar-refractivity contribution in [3.8, 4) is 17.1 Å². The maximum absolute atomic E-state index is 13.2. The quantitative estimate of drug-likeness (QED) is 0.260. The largest absolute Gasteiger partial charge is 0.447 e. The highest BCUT2D eigenvalue weighted by atomic mass is 35.5. The van der Waals surface area contributed by atoms with Crippen LogP contribution in [0.3, 0.4) is 0 Å². The molecule has 1 aromatic heterocycles.